The third kappa shape index (κ3) is 4.21. The maximum absolute atomic E-state index is 12.4. The number of hydrogen-bond acceptors (Lipinski definition) is 4. The van der Waals surface area contributed by atoms with Gasteiger partial charge in [0.15, 0.2) is 0 Å². The summed E-state index contributed by atoms with van der Waals surface area (Å²) in [6, 6.07) is 8.02. The summed E-state index contributed by atoms with van der Waals surface area (Å²) in [5.41, 5.74) is 0.346. The molecule has 0 fully saturated rings. The molecule has 5 nitrogen and oxygen atoms in total. The first-order chi connectivity index (χ1) is 9.92. The van der Waals surface area contributed by atoms with Crippen LogP contribution in [0.1, 0.15) is 6.92 Å². The summed E-state index contributed by atoms with van der Waals surface area (Å²) in [5.74, 6) is 0.508. The van der Waals surface area contributed by atoms with Gasteiger partial charge >= 0.3 is 0 Å². The van der Waals surface area contributed by atoms with Gasteiger partial charge in [-0.3, -0.25) is 4.72 Å². The van der Waals surface area contributed by atoms with Gasteiger partial charge in [0.05, 0.1) is 15.6 Å². The Balaban J connectivity index is 2.31. The normalized spacial score (nSPS) is 11.2. The van der Waals surface area contributed by atoms with Gasteiger partial charge in [0, 0.05) is 22.4 Å². The van der Waals surface area contributed by atoms with Gasteiger partial charge in [0.2, 0.25) is 0 Å². The number of benzene rings is 1. The monoisotopic (exact) mass is 437 g/mol. The van der Waals surface area contributed by atoms with Crippen LogP contribution in [0.2, 0.25) is 5.02 Å². The van der Waals surface area contributed by atoms with Crippen LogP contribution in [0.15, 0.2) is 41.4 Å². The standard InChI is InChI=1S/C13H13ClIN3O2S/c1-2-16-13-8-10(5-6-17-13)21(19,20)18-12-4-3-9(15)7-11(12)14/h3-8,18H,2H2,1H3,(H,16,17). The SMILES string of the molecule is CCNc1cc(S(=O)(=O)Nc2ccc(I)cc2Cl)ccn1. The molecule has 1 heterocycles. The highest BCUT2D eigenvalue weighted by atomic mass is 127. The van der Waals surface area contributed by atoms with Crippen LogP contribution in [0.3, 0.4) is 0 Å². The number of nitrogens with one attached hydrogen (secondary N) is 2. The van der Waals surface area contributed by atoms with Crippen molar-refractivity contribution < 1.29 is 8.42 Å². The van der Waals surface area contributed by atoms with E-state index in [2.05, 4.69) is 37.6 Å². The number of halogens is 2. The molecule has 0 saturated heterocycles. The summed E-state index contributed by atoms with van der Waals surface area (Å²) in [6.07, 6.45) is 1.45. The quantitative estimate of drug-likeness (QED) is 0.702. The van der Waals surface area contributed by atoms with Gasteiger partial charge in [-0.1, -0.05) is 11.6 Å². The van der Waals surface area contributed by atoms with E-state index in [0.29, 0.717) is 23.1 Å². The van der Waals surface area contributed by atoms with E-state index >= 15 is 0 Å². The molecule has 0 unspecified atom stereocenters. The zero-order valence-corrected chi connectivity index (χ0v) is 14.8. The molecule has 0 bridgehead atoms. The minimum atomic E-state index is -3.71. The molecule has 0 atom stereocenters. The number of rotatable bonds is 5. The zero-order valence-electron chi connectivity index (χ0n) is 11.1. The first-order valence-electron chi connectivity index (χ1n) is 6.10. The molecule has 2 N–H and O–H groups in total. The molecular weight excluding hydrogens is 425 g/mol. The number of sulfonamides is 1. The molecule has 2 rings (SSSR count). The predicted molar refractivity (Wildman–Crippen MR) is 93.4 cm³/mol. The summed E-state index contributed by atoms with van der Waals surface area (Å²) in [7, 11) is -3.71. The first-order valence-corrected chi connectivity index (χ1v) is 9.04. The average Bonchev–Trinajstić information content (AvgIpc) is 2.43. The third-order valence-corrected chi connectivity index (χ3v) is 4.92. The Morgan fingerprint density at radius 3 is 2.71 bits per heavy atom. The van der Waals surface area contributed by atoms with Gasteiger partial charge in [-0.2, -0.15) is 0 Å². The van der Waals surface area contributed by atoms with Crippen molar-refractivity contribution in [3.8, 4) is 0 Å². The summed E-state index contributed by atoms with van der Waals surface area (Å²) in [5, 5.41) is 3.33. The molecule has 0 amide bonds. The summed E-state index contributed by atoms with van der Waals surface area (Å²) >= 11 is 8.15. The van der Waals surface area contributed by atoms with E-state index < -0.39 is 10.0 Å². The lowest BCUT2D eigenvalue weighted by Crippen LogP contribution is -2.14. The first kappa shape index (κ1) is 16.3. The van der Waals surface area contributed by atoms with Crippen molar-refractivity contribution in [2.24, 2.45) is 0 Å². The summed E-state index contributed by atoms with van der Waals surface area (Å²) in [4.78, 5) is 4.18. The fourth-order valence-electron chi connectivity index (χ4n) is 1.63. The molecule has 1 aromatic carbocycles. The molecule has 2 aromatic rings. The molecular formula is C13H13ClIN3O2S. The van der Waals surface area contributed by atoms with E-state index in [1.165, 1.54) is 18.3 Å². The third-order valence-electron chi connectivity index (χ3n) is 2.58. The Hall–Kier alpha value is -1.06. The number of anilines is 2. The molecule has 8 heteroatoms. The average molecular weight is 438 g/mol. The van der Waals surface area contributed by atoms with Crippen molar-refractivity contribution >= 4 is 55.7 Å². The van der Waals surface area contributed by atoms with Crippen molar-refractivity contribution in [2.45, 2.75) is 11.8 Å². The Bertz CT molecular complexity index is 753. The highest BCUT2D eigenvalue weighted by Gasteiger charge is 2.16. The maximum atomic E-state index is 12.4. The lowest BCUT2D eigenvalue weighted by atomic mass is 10.3. The van der Waals surface area contributed by atoms with Gasteiger partial charge < -0.3 is 5.32 Å². The molecule has 0 aliphatic heterocycles. The maximum Gasteiger partial charge on any atom is 0.262 e. The molecule has 0 aliphatic carbocycles. The van der Waals surface area contributed by atoms with Crippen LogP contribution < -0.4 is 10.0 Å². The minimum absolute atomic E-state index is 0.128. The predicted octanol–water partition coefficient (Wildman–Crippen LogP) is 3.57. The van der Waals surface area contributed by atoms with Crippen molar-refractivity contribution in [1.29, 1.82) is 0 Å². The van der Waals surface area contributed by atoms with Gasteiger partial charge in [-0.15, -0.1) is 0 Å². The second kappa shape index (κ2) is 6.80. The van der Waals surface area contributed by atoms with E-state index in [1.54, 1.807) is 18.2 Å². The number of hydrogen-bond donors (Lipinski definition) is 2. The van der Waals surface area contributed by atoms with Gasteiger partial charge in [0.1, 0.15) is 5.82 Å². The van der Waals surface area contributed by atoms with Crippen molar-refractivity contribution in [3.63, 3.8) is 0 Å². The minimum Gasteiger partial charge on any atom is -0.370 e. The lowest BCUT2D eigenvalue weighted by Gasteiger charge is -2.11. The van der Waals surface area contributed by atoms with Gasteiger partial charge in [-0.25, -0.2) is 13.4 Å². The Kier molecular flexibility index (Phi) is 5.28. The fraction of sp³-hybridized carbons (Fsp3) is 0.154. The molecule has 0 radical (unpaired) electrons. The van der Waals surface area contributed by atoms with Crippen LogP contribution in [-0.2, 0) is 10.0 Å². The molecule has 0 aliphatic rings. The molecule has 1 aromatic heterocycles. The van der Waals surface area contributed by atoms with Gasteiger partial charge in [-0.05, 0) is 53.8 Å². The second-order valence-corrected chi connectivity index (χ2v) is 7.47. The largest absolute Gasteiger partial charge is 0.370 e. The van der Waals surface area contributed by atoms with Crippen LogP contribution in [0.4, 0.5) is 11.5 Å². The van der Waals surface area contributed by atoms with E-state index in [0.717, 1.165) is 3.57 Å². The van der Waals surface area contributed by atoms with E-state index in [9.17, 15) is 8.42 Å². The number of nitrogens with zero attached hydrogens (tertiary/aromatic N) is 1. The molecule has 112 valence electrons. The summed E-state index contributed by atoms with van der Waals surface area (Å²) < 4.78 is 28.1. The van der Waals surface area contributed by atoms with Crippen molar-refractivity contribution in [1.82, 2.24) is 4.98 Å². The topological polar surface area (TPSA) is 71.1 Å². The highest BCUT2D eigenvalue weighted by molar-refractivity contribution is 14.1. The molecule has 21 heavy (non-hydrogen) atoms. The number of aromatic nitrogens is 1. The smallest absolute Gasteiger partial charge is 0.262 e. The zero-order chi connectivity index (χ0) is 15.5. The van der Waals surface area contributed by atoms with Crippen LogP contribution in [0.5, 0.6) is 0 Å². The van der Waals surface area contributed by atoms with Crippen molar-refractivity contribution in [3.05, 3.63) is 45.1 Å². The summed E-state index contributed by atoms with van der Waals surface area (Å²) in [6.45, 7) is 2.57. The Morgan fingerprint density at radius 1 is 1.29 bits per heavy atom. The van der Waals surface area contributed by atoms with Crippen molar-refractivity contribution in [2.75, 3.05) is 16.6 Å². The molecule has 0 spiro atoms. The van der Waals surface area contributed by atoms with Crippen LogP contribution >= 0.6 is 34.2 Å². The molecule has 0 saturated carbocycles. The van der Waals surface area contributed by atoms with E-state index in [-0.39, 0.29) is 4.90 Å². The van der Waals surface area contributed by atoms with E-state index in [4.69, 9.17) is 11.6 Å². The lowest BCUT2D eigenvalue weighted by molar-refractivity contribution is 0.601. The highest BCUT2D eigenvalue weighted by Crippen LogP contribution is 2.26. The van der Waals surface area contributed by atoms with Crippen LogP contribution in [0, 0.1) is 3.57 Å². The second-order valence-electron chi connectivity index (χ2n) is 4.14. The van der Waals surface area contributed by atoms with E-state index in [1.807, 2.05) is 6.92 Å². The number of pyridine rings is 1. The Morgan fingerprint density at radius 2 is 2.05 bits per heavy atom. The Labute approximate surface area is 142 Å². The van der Waals surface area contributed by atoms with Gasteiger partial charge in [0.25, 0.3) is 10.0 Å². The van der Waals surface area contributed by atoms with Crippen LogP contribution in [-0.4, -0.2) is 19.9 Å². The van der Waals surface area contributed by atoms with Crippen LogP contribution in [0.25, 0.3) is 0 Å². The fourth-order valence-corrected chi connectivity index (χ4v) is 3.68.